The van der Waals surface area contributed by atoms with E-state index in [1.54, 1.807) is 0 Å². The van der Waals surface area contributed by atoms with Crippen molar-refractivity contribution in [3.63, 3.8) is 0 Å². The molecule has 1 unspecified atom stereocenters. The maximum Gasteiger partial charge on any atom is 0.0456 e. The molecule has 0 amide bonds. The minimum absolute atomic E-state index is 0.342. The van der Waals surface area contributed by atoms with Gasteiger partial charge in [-0.05, 0) is 55.6 Å². The molecular formula is C17H21BrClNS. The van der Waals surface area contributed by atoms with E-state index in [-0.39, 0.29) is 0 Å². The largest absolute Gasteiger partial charge is 0.309 e. The highest BCUT2D eigenvalue weighted by atomic mass is 79.9. The molecule has 1 N–H and O–H groups in total. The monoisotopic (exact) mass is 385 g/mol. The molecule has 4 heteroatoms. The van der Waals surface area contributed by atoms with Crippen LogP contribution in [0.2, 0.25) is 5.02 Å². The lowest BCUT2D eigenvalue weighted by molar-refractivity contribution is 0.536. The van der Waals surface area contributed by atoms with Gasteiger partial charge in [-0.15, -0.1) is 11.3 Å². The van der Waals surface area contributed by atoms with Gasteiger partial charge in [-0.2, -0.15) is 0 Å². The van der Waals surface area contributed by atoms with Gasteiger partial charge < -0.3 is 5.32 Å². The Kier molecular flexibility index (Phi) is 6.74. The zero-order valence-corrected chi connectivity index (χ0v) is 15.6. The smallest absolute Gasteiger partial charge is 0.0456 e. The van der Waals surface area contributed by atoms with Gasteiger partial charge in [0.25, 0.3) is 0 Å². The summed E-state index contributed by atoms with van der Waals surface area (Å²) in [5.41, 5.74) is 1.19. The summed E-state index contributed by atoms with van der Waals surface area (Å²) in [6.45, 7) is 5.43. The molecule has 0 aliphatic carbocycles. The highest BCUT2D eigenvalue weighted by Crippen LogP contribution is 2.30. The lowest BCUT2D eigenvalue weighted by Crippen LogP contribution is -2.23. The van der Waals surface area contributed by atoms with E-state index in [2.05, 4.69) is 59.4 Å². The van der Waals surface area contributed by atoms with E-state index < -0.39 is 0 Å². The van der Waals surface area contributed by atoms with Crippen LogP contribution in [0.4, 0.5) is 0 Å². The minimum atomic E-state index is 0.342. The van der Waals surface area contributed by atoms with Crippen LogP contribution in [0.15, 0.2) is 34.8 Å². The van der Waals surface area contributed by atoms with Crippen molar-refractivity contribution < 1.29 is 0 Å². The van der Waals surface area contributed by atoms with Crippen LogP contribution in [-0.2, 0) is 12.8 Å². The van der Waals surface area contributed by atoms with Crippen molar-refractivity contribution in [2.45, 2.75) is 39.2 Å². The number of rotatable bonds is 7. The summed E-state index contributed by atoms with van der Waals surface area (Å²) in [6, 6.07) is 11.0. The number of thiophene rings is 1. The molecule has 1 nitrogen and oxygen atoms in total. The standard InChI is InChI=1S/C17H21BrClNS/c1-3-9-20-16(17-8-7-14(4-2)21-17)10-12-5-6-13(18)11-15(12)19/h5-8,11,16,20H,3-4,9-10H2,1-2H3. The molecule has 114 valence electrons. The highest BCUT2D eigenvalue weighted by molar-refractivity contribution is 9.10. The van der Waals surface area contributed by atoms with E-state index in [0.29, 0.717) is 6.04 Å². The van der Waals surface area contributed by atoms with Crippen molar-refractivity contribution in [3.8, 4) is 0 Å². The van der Waals surface area contributed by atoms with Gasteiger partial charge in [-0.3, -0.25) is 0 Å². The molecule has 21 heavy (non-hydrogen) atoms. The van der Waals surface area contributed by atoms with Gasteiger partial charge in [0.2, 0.25) is 0 Å². The third-order valence-corrected chi connectivity index (χ3v) is 5.64. The summed E-state index contributed by atoms with van der Waals surface area (Å²) in [4.78, 5) is 2.84. The second kappa shape index (κ2) is 8.33. The van der Waals surface area contributed by atoms with Crippen molar-refractivity contribution >= 4 is 38.9 Å². The highest BCUT2D eigenvalue weighted by Gasteiger charge is 2.15. The molecule has 1 aromatic heterocycles. The van der Waals surface area contributed by atoms with E-state index in [1.807, 2.05) is 17.4 Å². The molecular weight excluding hydrogens is 366 g/mol. The number of benzene rings is 1. The van der Waals surface area contributed by atoms with Gasteiger partial charge in [0, 0.05) is 25.3 Å². The van der Waals surface area contributed by atoms with Crippen LogP contribution in [0, 0.1) is 0 Å². The molecule has 0 aliphatic rings. The summed E-state index contributed by atoms with van der Waals surface area (Å²) in [7, 11) is 0. The number of hydrogen-bond donors (Lipinski definition) is 1. The van der Waals surface area contributed by atoms with Crippen LogP contribution in [0.1, 0.15) is 41.6 Å². The predicted molar refractivity (Wildman–Crippen MR) is 97.6 cm³/mol. The lowest BCUT2D eigenvalue weighted by atomic mass is 10.0. The fourth-order valence-corrected chi connectivity index (χ4v) is 4.05. The fraction of sp³-hybridized carbons (Fsp3) is 0.412. The molecule has 2 rings (SSSR count). The zero-order chi connectivity index (χ0) is 15.2. The minimum Gasteiger partial charge on any atom is -0.309 e. The van der Waals surface area contributed by atoms with E-state index in [4.69, 9.17) is 11.6 Å². The first-order chi connectivity index (χ1) is 10.1. The van der Waals surface area contributed by atoms with E-state index >= 15 is 0 Å². The number of halogens is 2. The normalized spacial score (nSPS) is 12.6. The first kappa shape index (κ1) is 17.0. The average Bonchev–Trinajstić information content (AvgIpc) is 2.94. The molecule has 0 fully saturated rings. The average molecular weight is 387 g/mol. The first-order valence-electron chi connectivity index (χ1n) is 7.40. The van der Waals surface area contributed by atoms with Gasteiger partial charge in [0.05, 0.1) is 0 Å². The van der Waals surface area contributed by atoms with Crippen LogP contribution in [0.3, 0.4) is 0 Å². The summed E-state index contributed by atoms with van der Waals surface area (Å²) in [5, 5.41) is 4.49. The van der Waals surface area contributed by atoms with Gasteiger partial charge in [0.1, 0.15) is 0 Å². The predicted octanol–water partition coefficient (Wildman–Crippen LogP) is 6.01. The fourth-order valence-electron chi connectivity index (χ4n) is 2.27. The maximum absolute atomic E-state index is 6.37. The molecule has 0 bridgehead atoms. The topological polar surface area (TPSA) is 12.0 Å². The van der Waals surface area contributed by atoms with Crippen LogP contribution < -0.4 is 5.32 Å². The Morgan fingerprint density at radius 3 is 2.67 bits per heavy atom. The number of hydrogen-bond acceptors (Lipinski definition) is 2. The molecule has 0 aliphatic heterocycles. The lowest BCUT2D eigenvalue weighted by Gasteiger charge is -2.18. The van der Waals surface area contributed by atoms with Crippen LogP contribution in [0.5, 0.6) is 0 Å². The molecule has 0 radical (unpaired) electrons. The van der Waals surface area contributed by atoms with Crippen molar-refractivity contribution in [2.24, 2.45) is 0 Å². The summed E-state index contributed by atoms with van der Waals surface area (Å²) in [6.07, 6.45) is 3.16. The van der Waals surface area contributed by atoms with E-state index in [1.165, 1.54) is 15.3 Å². The van der Waals surface area contributed by atoms with Crippen LogP contribution >= 0.6 is 38.9 Å². The third-order valence-electron chi connectivity index (χ3n) is 3.45. The molecule has 0 saturated heterocycles. The van der Waals surface area contributed by atoms with Gasteiger partial charge in [-0.1, -0.05) is 47.4 Å². The van der Waals surface area contributed by atoms with E-state index in [9.17, 15) is 0 Å². The second-order valence-electron chi connectivity index (χ2n) is 5.10. The Morgan fingerprint density at radius 1 is 1.24 bits per heavy atom. The van der Waals surface area contributed by atoms with Crippen molar-refractivity contribution in [1.29, 1.82) is 0 Å². The van der Waals surface area contributed by atoms with Gasteiger partial charge in [0.15, 0.2) is 0 Å². The molecule has 0 spiro atoms. The Morgan fingerprint density at radius 2 is 2.05 bits per heavy atom. The summed E-state index contributed by atoms with van der Waals surface area (Å²) < 4.78 is 1.03. The van der Waals surface area contributed by atoms with Crippen LogP contribution in [-0.4, -0.2) is 6.54 Å². The quantitative estimate of drug-likeness (QED) is 0.614. The Hall–Kier alpha value is -0.350. The molecule has 1 atom stereocenters. The first-order valence-corrected chi connectivity index (χ1v) is 9.38. The Bertz CT molecular complexity index is 582. The Labute approximate surface area is 144 Å². The summed E-state index contributed by atoms with van der Waals surface area (Å²) in [5.74, 6) is 0. The number of aryl methyl sites for hydroxylation is 1. The molecule has 1 aromatic carbocycles. The number of nitrogens with one attached hydrogen (secondary N) is 1. The zero-order valence-electron chi connectivity index (χ0n) is 12.5. The van der Waals surface area contributed by atoms with Crippen molar-refractivity contribution in [2.75, 3.05) is 6.54 Å². The molecule has 2 aromatic rings. The van der Waals surface area contributed by atoms with Crippen molar-refractivity contribution in [1.82, 2.24) is 5.32 Å². The van der Waals surface area contributed by atoms with E-state index in [0.717, 1.165) is 35.3 Å². The van der Waals surface area contributed by atoms with Gasteiger partial charge >= 0.3 is 0 Å². The van der Waals surface area contributed by atoms with Crippen molar-refractivity contribution in [3.05, 3.63) is 55.1 Å². The third kappa shape index (κ3) is 4.82. The van der Waals surface area contributed by atoms with Gasteiger partial charge in [-0.25, -0.2) is 0 Å². The SMILES string of the molecule is CCCNC(Cc1ccc(Br)cc1Cl)c1ccc(CC)s1. The Balaban J connectivity index is 2.19. The van der Waals surface area contributed by atoms with Crippen LogP contribution in [0.25, 0.3) is 0 Å². The maximum atomic E-state index is 6.37. The summed E-state index contributed by atoms with van der Waals surface area (Å²) >= 11 is 11.7. The molecule has 1 heterocycles. The molecule has 0 saturated carbocycles. The second-order valence-corrected chi connectivity index (χ2v) is 7.63.